The van der Waals surface area contributed by atoms with Crippen molar-refractivity contribution < 1.29 is 18.7 Å². The number of nitrogens with one attached hydrogen (secondary N) is 1. The fourth-order valence-corrected chi connectivity index (χ4v) is 3.44. The Morgan fingerprint density at radius 2 is 1.73 bits per heavy atom. The molecule has 1 heterocycles. The van der Waals surface area contributed by atoms with Gasteiger partial charge < -0.3 is 14.5 Å². The summed E-state index contributed by atoms with van der Waals surface area (Å²) < 4.78 is 10.7. The fourth-order valence-electron chi connectivity index (χ4n) is 3.44. The second kappa shape index (κ2) is 8.21. The molecule has 0 aliphatic rings. The molecule has 4 rings (SSSR count). The maximum atomic E-state index is 12.5. The minimum absolute atomic E-state index is 0.0504. The van der Waals surface area contributed by atoms with Crippen molar-refractivity contribution >= 4 is 39.3 Å². The minimum atomic E-state index is -0.553. The summed E-state index contributed by atoms with van der Waals surface area (Å²) in [6.45, 7) is 1.34. The quantitative estimate of drug-likeness (QED) is 0.400. The van der Waals surface area contributed by atoms with Crippen LogP contribution in [0.15, 0.2) is 75.9 Å². The van der Waals surface area contributed by atoms with Crippen LogP contribution < -0.4 is 10.9 Å². The number of benzene rings is 3. The first kappa shape index (κ1) is 19.4. The van der Waals surface area contributed by atoms with Crippen LogP contribution in [0.4, 0.5) is 5.69 Å². The lowest BCUT2D eigenvalue weighted by molar-refractivity contribution is -0.144. The minimum Gasteiger partial charge on any atom is -0.461 e. The highest BCUT2D eigenvalue weighted by molar-refractivity contribution is 5.92. The normalized spacial score (nSPS) is 10.8. The largest absolute Gasteiger partial charge is 0.461 e. The zero-order chi connectivity index (χ0) is 21.1. The molecule has 0 saturated carbocycles. The summed E-state index contributed by atoms with van der Waals surface area (Å²) in [7, 11) is 0. The molecule has 1 aromatic heterocycles. The average molecular weight is 401 g/mol. The lowest BCUT2D eigenvalue weighted by atomic mass is 10.0. The first-order valence-electron chi connectivity index (χ1n) is 9.46. The maximum absolute atomic E-state index is 12.5. The van der Waals surface area contributed by atoms with E-state index in [1.54, 1.807) is 18.2 Å². The molecule has 0 fully saturated rings. The summed E-state index contributed by atoms with van der Waals surface area (Å²) in [6.07, 6.45) is 0.132. The van der Waals surface area contributed by atoms with Gasteiger partial charge in [-0.15, -0.1) is 0 Å². The SMILES string of the molecule is CC(=O)Nc1ccc2c(COC(=O)Cc3cccc4ccccc34)cc(=O)oc2c1. The fraction of sp³-hybridized carbons (Fsp3) is 0.125. The van der Waals surface area contributed by atoms with E-state index in [0.717, 1.165) is 16.3 Å². The monoisotopic (exact) mass is 401 g/mol. The Morgan fingerprint density at radius 1 is 0.933 bits per heavy atom. The highest BCUT2D eigenvalue weighted by atomic mass is 16.5. The lowest BCUT2D eigenvalue weighted by Gasteiger charge is -2.10. The van der Waals surface area contributed by atoms with Gasteiger partial charge in [0.05, 0.1) is 6.42 Å². The Labute approximate surface area is 172 Å². The molecule has 0 spiro atoms. The van der Waals surface area contributed by atoms with Crippen LogP contribution in [-0.4, -0.2) is 11.9 Å². The molecule has 0 radical (unpaired) electrons. The summed E-state index contributed by atoms with van der Waals surface area (Å²) in [5.74, 6) is -0.613. The molecule has 0 saturated heterocycles. The van der Waals surface area contributed by atoms with Gasteiger partial charge in [0.2, 0.25) is 5.91 Å². The second-order valence-electron chi connectivity index (χ2n) is 6.96. The number of carbonyl (C=O) groups excluding carboxylic acids is 2. The van der Waals surface area contributed by atoms with E-state index in [1.807, 2.05) is 42.5 Å². The molecule has 30 heavy (non-hydrogen) atoms. The molecular weight excluding hydrogens is 382 g/mol. The van der Waals surface area contributed by atoms with E-state index in [-0.39, 0.29) is 24.9 Å². The molecule has 0 aliphatic carbocycles. The van der Waals surface area contributed by atoms with Crippen LogP contribution in [0.2, 0.25) is 0 Å². The van der Waals surface area contributed by atoms with Crippen molar-refractivity contribution in [2.75, 3.05) is 5.32 Å². The Kier molecular flexibility index (Phi) is 5.30. The zero-order valence-electron chi connectivity index (χ0n) is 16.3. The van der Waals surface area contributed by atoms with E-state index in [9.17, 15) is 14.4 Å². The third-order valence-corrected chi connectivity index (χ3v) is 4.75. The molecule has 6 heteroatoms. The number of hydrogen-bond donors (Lipinski definition) is 1. The van der Waals surface area contributed by atoms with Crippen LogP contribution in [0, 0.1) is 0 Å². The Balaban J connectivity index is 1.53. The van der Waals surface area contributed by atoms with Crippen LogP contribution in [0.5, 0.6) is 0 Å². The summed E-state index contributed by atoms with van der Waals surface area (Å²) in [5, 5.41) is 5.35. The number of fused-ring (bicyclic) bond motifs is 2. The predicted molar refractivity (Wildman–Crippen MR) is 114 cm³/mol. The molecule has 0 aliphatic heterocycles. The Morgan fingerprint density at radius 3 is 2.57 bits per heavy atom. The Bertz CT molecular complexity index is 1320. The van der Waals surface area contributed by atoms with Crippen molar-refractivity contribution in [3.63, 3.8) is 0 Å². The van der Waals surface area contributed by atoms with E-state index >= 15 is 0 Å². The van der Waals surface area contributed by atoms with Gasteiger partial charge in [-0.25, -0.2) is 4.79 Å². The summed E-state index contributed by atoms with van der Waals surface area (Å²) in [6, 6.07) is 20.0. The molecule has 6 nitrogen and oxygen atoms in total. The van der Waals surface area contributed by atoms with E-state index in [4.69, 9.17) is 9.15 Å². The number of carbonyl (C=O) groups is 2. The van der Waals surface area contributed by atoms with Crippen LogP contribution in [0.25, 0.3) is 21.7 Å². The maximum Gasteiger partial charge on any atom is 0.336 e. The smallest absolute Gasteiger partial charge is 0.336 e. The van der Waals surface area contributed by atoms with Crippen LogP contribution in [-0.2, 0) is 27.4 Å². The molecule has 1 N–H and O–H groups in total. The first-order valence-corrected chi connectivity index (χ1v) is 9.46. The Hall–Kier alpha value is -3.93. The summed E-state index contributed by atoms with van der Waals surface area (Å²) >= 11 is 0. The highest BCUT2D eigenvalue weighted by Gasteiger charge is 2.12. The molecule has 150 valence electrons. The number of anilines is 1. The molecule has 3 aromatic carbocycles. The number of esters is 1. The van der Waals surface area contributed by atoms with Crippen LogP contribution in [0.1, 0.15) is 18.1 Å². The van der Waals surface area contributed by atoms with Crippen molar-refractivity contribution in [2.45, 2.75) is 20.0 Å². The van der Waals surface area contributed by atoms with Gasteiger partial charge in [-0.2, -0.15) is 0 Å². The number of ether oxygens (including phenoxy) is 1. The number of amides is 1. The molecule has 0 unspecified atom stereocenters. The van der Waals surface area contributed by atoms with Gasteiger partial charge in [0.25, 0.3) is 0 Å². The van der Waals surface area contributed by atoms with Crippen molar-refractivity contribution in [3.05, 3.63) is 88.3 Å². The average Bonchev–Trinajstić information content (AvgIpc) is 2.71. The molecular formula is C24H19NO5. The summed E-state index contributed by atoms with van der Waals surface area (Å²) in [5.41, 5.74) is 1.71. The van der Waals surface area contributed by atoms with Gasteiger partial charge in [-0.3, -0.25) is 9.59 Å². The van der Waals surface area contributed by atoms with E-state index < -0.39 is 5.63 Å². The van der Waals surface area contributed by atoms with Crippen LogP contribution in [0.3, 0.4) is 0 Å². The lowest BCUT2D eigenvalue weighted by Crippen LogP contribution is -2.10. The summed E-state index contributed by atoms with van der Waals surface area (Å²) in [4.78, 5) is 35.6. The molecule has 0 bridgehead atoms. The third-order valence-electron chi connectivity index (χ3n) is 4.75. The van der Waals surface area contributed by atoms with Gasteiger partial charge in [0.1, 0.15) is 12.2 Å². The molecule has 4 aromatic rings. The predicted octanol–water partition coefficient (Wildman–Crippen LogP) is 4.19. The van der Waals surface area contributed by atoms with E-state index in [0.29, 0.717) is 22.2 Å². The van der Waals surface area contributed by atoms with Crippen molar-refractivity contribution in [1.29, 1.82) is 0 Å². The number of rotatable bonds is 5. The number of hydrogen-bond acceptors (Lipinski definition) is 5. The third kappa shape index (κ3) is 4.22. The van der Waals surface area contributed by atoms with E-state index in [2.05, 4.69) is 5.32 Å². The first-order chi connectivity index (χ1) is 14.5. The zero-order valence-corrected chi connectivity index (χ0v) is 16.3. The van der Waals surface area contributed by atoms with E-state index in [1.165, 1.54) is 13.0 Å². The van der Waals surface area contributed by atoms with Gasteiger partial charge in [-0.1, -0.05) is 42.5 Å². The second-order valence-corrected chi connectivity index (χ2v) is 6.96. The highest BCUT2D eigenvalue weighted by Crippen LogP contribution is 2.23. The standard InChI is InChI=1S/C24H19NO5/c1-15(26)25-19-9-10-21-18(12-24(28)30-22(21)13-19)14-29-23(27)11-17-7-4-6-16-5-2-3-8-20(16)17/h2-10,12-13H,11,14H2,1H3,(H,25,26). The van der Waals surface area contributed by atoms with Crippen molar-refractivity contribution in [1.82, 2.24) is 0 Å². The van der Waals surface area contributed by atoms with Gasteiger partial charge >= 0.3 is 11.6 Å². The van der Waals surface area contributed by atoms with Crippen LogP contribution >= 0.6 is 0 Å². The van der Waals surface area contributed by atoms with Gasteiger partial charge in [0, 0.05) is 35.7 Å². The van der Waals surface area contributed by atoms with Crippen molar-refractivity contribution in [2.24, 2.45) is 0 Å². The van der Waals surface area contributed by atoms with Crippen molar-refractivity contribution in [3.8, 4) is 0 Å². The molecule has 1 amide bonds. The van der Waals surface area contributed by atoms with Gasteiger partial charge in [0.15, 0.2) is 0 Å². The molecule has 0 atom stereocenters. The topological polar surface area (TPSA) is 85.6 Å². The van der Waals surface area contributed by atoms with Gasteiger partial charge in [-0.05, 0) is 28.5 Å².